The fourth-order valence-electron chi connectivity index (χ4n) is 4.04. The third-order valence-corrected chi connectivity index (χ3v) is 5.88. The number of rotatable bonds is 4. The summed E-state index contributed by atoms with van der Waals surface area (Å²) in [5, 5.41) is 11.6. The third-order valence-electron chi connectivity index (χ3n) is 5.88. The highest BCUT2D eigenvalue weighted by Gasteiger charge is 2.27. The lowest BCUT2D eigenvalue weighted by Crippen LogP contribution is -2.30. The quantitative estimate of drug-likeness (QED) is 0.688. The summed E-state index contributed by atoms with van der Waals surface area (Å²) in [6.07, 6.45) is 7.28. The van der Waals surface area contributed by atoms with Gasteiger partial charge in [-0.25, -0.2) is 0 Å². The van der Waals surface area contributed by atoms with E-state index in [1.54, 1.807) is 0 Å². The van der Waals surface area contributed by atoms with E-state index < -0.39 is 5.60 Å². The smallest absolute Gasteiger partial charge is 0.122 e. The first-order valence-corrected chi connectivity index (χ1v) is 11.4. The van der Waals surface area contributed by atoms with E-state index in [-0.39, 0.29) is 0 Å². The van der Waals surface area contributed by atoms with E-state index in [2.05, 4.69) is 19.1 Å². The van der Waals surface area contributed by atoms with E-state index >= 15 is 0 Å². The molecule has 0 saturated carbocycles. The average Bonchev–Trinajstić information content (AvgIpc) is 2.77. The molecule has 2 aromatic carbocycles. The molecule has 0 fully saturated rings. The summed E-state index contributed by atoms with van der Waals surface area (Å²) in [5.41, 5.74) is 1.62. The van der Waals surface area contributed by atoms with Gasteiger partial charge in [-0.3, -0.25) is 0 Å². The summed E-state index contributed by atoms with van der Waals surface area (Å²) < 4.78 is 17.6. The topological polar surface area (TPSA) is 47.9 Å². The Balaban J connectivity index is 1.78. The SMILES string of the molecule is CCCCCC1(O)CCc2ccccc2OCCOCCOc2ccccc2CC1. The second-order valence-corrected chi connectivity index (χ2v) is 8.21. The lowest BCUT2D eigenvalue weighted by molar-refractivity contribution is 0.0119. The molecule has 0 amide bonds. The van der Waals surface area contributed by atoms with Crippen molar-refractivity contribution < 1.29 is 19.3 Å². The molecule has 0 bridgehead atoms. The number of aryl methyl sites for hydroxylation is 2. The standard InChI is InChI=1S/C26H36O4/c1-2-3-8-15-26(27)16-13-22-9-4-6-11-24(22)29-20-18-28-19-21-30-25-12-7-5-10-23(25)14-17-26/h4-7,9-12,27H,2-3,8,13-21H2,1H3. The Bertz CT molecular complexity index is 703. The van der Waals surface area contributed by atoms with Gasteiger partial charge in [0.15, 0.2) is 0 Å². The van der Waals surface area contributed by atoms with Crippen LogP contribution >= 0.6 is 0 Å². The first-order chi connectivity index (χ1) is 14.7. The lowest BCUT2D eigenvalue weighted by Gasteiger charge is -2.29. The molecule has 2 aromatic rings. The Morgan fingerprint density at radius 1 is 0.767 bits per heavy atom. The molecular formula is C26H36O4. The molecule has 1 N–H and O–H groups in total. The maximum atomic E-state index is 11.6. The van der Waals surface area contributed by atoms with Gasteiger partial charge in [-0.05, 0) is 55.4 Å². The first kappa shape index (κ1) is 22.6. The Hall–Kier alpha value is -2.04. The molecule has 0 unspecified atom stereocenters. The number of para-hydroxylation sites is 2. The van der Waals surface area contributed by atoms with Crippen molar-refractivity contribution in [3.05, 3.63) is 59.7 Å². The second-order valence-electron chi connectivity index (χ2n) is 8.21. The van der Waals surface area contributed by atoms with Crippen LogP contribution in [-0.2, 0) is 17.6 Å². The molecular weight excluding hydrogens is 376 g/mol. The minimum atomic E-state index is -0.685. The van der Waals surface area contributed by atoms with Gasteiger partial charge in [0, 0.05) is 0 Å². The highest BCUT2D eigenvalue weighted by atomic mass is 16.5. The molecule has 1 heterocycles. The molecule has 1 aliphatic rings. The number of unbranched alkanes of at least 4 members (excludes halogenated alkanes) is 2. The molecule has 0 spiro atoms. The van der Waals surface area contributed by atoms with Crippen LogP contribution < -0.4 is 9.47 Å². The van der Waals surface area contributed by atoms with Crippen LogP contribution in [0.5, 0.6) is 11.5 Å². The highest BCUT2D eigenvalue weighted by Crippen LogP contribution is 2.31. The second kappa shape index (κ2) is 12.0. The van der Waals surface area contributed by atoms with Gasteiger partial charge in [-0.2, -0.15) is 0 Å². The van der Waals surface area contributed by atoms with E-state index in [0.717, 1.165) is 74.0 Å². The zero-order chi connectivity index (χ0) is 21.1. The summed E-state index contributed by atoms with van der Waals surface area (Å²) in [6, 6.07) is 16.3. The van der Waals surface area contributed by atoms with Crippen molar-refractivity contribution in [3.63, 3.8) is 0 Å². The number of benzene rings is 2. The van der Waals surface area contributed by atoms with Crippen LogP contribution in [0.1, 0.15) is 56.6 Å². The molecule has 3 rings (SSSR count). The van der Waals surface area contributed by atoms with E-state index in [0.29, 0.717) is 26.4 Å². The van der Waals surface area contributed by atoms with E-state index in [1.807, 2.05) is 36.4 Å². The van der Waals surface area contributed by atoms with E-state index in [1.165, 1.54) is 0 Å². The molecule has 1 aliphatic heterocycles. The number of fused-ring (bicyclic) bond motifs is 2. The maximum absolute atomic E-state index is 11.6. The molecule has 4 nitrogen and oxygen atoms in total. The number of ether oxygens (including phenoxy) is 3. The molecule has 4 heteroatoms. The zero-order valence-corrected chi connectivity index (χ0v) is 18.3. The van der Waals surface area contributed by atoms with Crippen LogP contribution in [0.15, 0.2) is 48.5 Å². The van der Waals surface area contributed by atoms with Crippen molar-refractivity contribution in [1.82, 2.24) is 0 Å². The van der Waals surface area contributed by atoms with Gasteiger partial charge in [0.05, 0.1) is 18.8 Å². The molecule has 30 heavy (non-hydrogen) atoms. The summed E-state index contributed by atoms with van der Waals surface area (Å²) >= 11 is 0. The molecule has 164 valence electrons. The predicted octanol–water partition coefficient (Wildman–Crippen LogP) is 5.35. The van der Waals surface area contributed by atoms with E-state index in [9.17, 15) is 5.11 Å². The van der Waals surface area contributed by atoms with Crippen LogP contribution in [-0.4, -0.2) is 37.1 Å². The Morgan fingerprint density at radius 2 is 1.30 bits per heavy atom. The summed E-state index contributed by atoms with van der Waals surface area (Å²) in [4.78, 5) is 0. The van der Waals surface area contributed by atoms with Crippen LogP contribution in [0.2, 0.25) is 0 Å². The van der Waals surface area contributed by atoms with Gasteiger partial charge in [0.1, 0.15) is 24.7 Å². The fourth-order valence-corrected chi connectivity index (χ4v) is 4.04. The van der Waals surface area contributed by atoms with Crippen molar-refractivity contribution in [2.24, 2.45) is 0 Å². The number of aliphatic hydroxyl groups is 1. The number of hydrogen-bond acceptors (Lipinski definition) is 4. The van der Waals surface area contributed by atoms with Gasteiger partial charge >= 0.3 is 0 Å². The molecule has 0 saturated heterocycles. The van der Waals surface area contributed by atoms with Crippen LogP contribution in [0, 0.1) is 0 Å². The maximum Gasteiger partial charge on any atom is 0.122 e. The lowest BCUT2D eigenvalue weighted by atomic mass is 9.84. The number of hydrogen-bond donors (Lipinski definition) is 1. The minimum absolute atomic E-state index is 0.508. The van der Waals surface area contributed by atoms with Crippen molar-refractivity contribution in [2.45, 2.75) is 63.9 Å². The monoisotopic (exact) mass is 412 g/mol. The Labute approximate surface area is 181 Å². The van der Waals surface area contributed by atoms with Gasteiger partial charge in [0.2, 0.25) is 0 Å². The molecule has 0 aliphatic carbocycles. The average molecular weight is 413 g/mol. The van der Waals surface area contributed by atoms with Crippen LogP contribution in [0.3, 0.4) is 0 Å². The largest absolute Gasteiger partial charge is 0.491 e. The third kappa shape index (κ3) is 7.03. The van der Waals surface area contributed by atoms with Crippen molar-refractivity contribution in [3.8, 4) is 11.5 Å². The normalized spacial score (nSPS) is 17.8. The van der Waals surface area contributed by atoms with Crippen molar-refractivity contribution in [2.75, 3.05) is 26.4 Å². The first-order valence-electron chi connectivity index (χ1n) is 11.4. The minimum Gasteiger partial charge on any atom is -0.491 e. The molecule has 0 aromatic heterocycles. The Morgan fingerprint density at radius 3 is 1.83 bits per heavy atom. The van der Waals surface area contributed by atoms with Gasteiger partial charge in [-0.15, -0.1) is 0 Å². The van der Waals surface area contributed by atoms with Crippen molar-refractivity contribution >= 4 is 0 Å². The van der Waals surface area contributed by atoms with Crippen LogP contribution in [0.4, 0.5) is 0 Å². The predicted molar refractivity (Wildman–Crippen MR) is 120 cm³/mol. The van der Waals surface area contributed by atoms with Gasteiger partial charge in [-0.1, -0.05) is 62.6 Å². The Kier molecular flexibility index (Phi) is 9.03. The van der Waals surface area contributed by atoms with Gasteiger partial charge in [0.25, 0.3) is 0 Å². The molecule has 0 atom stereocenters. The zero-order valence-electron chi connectivity index (χ0n) is 18.3. The summed E-state index contributed by atoms with van der Waals surface area (Å²) in [6.45, 7) is 4.28. The van der Waals surface area contributed by atoms with E-state index in [4.69, 9.17) is 14.2 Å². The highest BCUT2D eigenvalue weighted by molar-refractivity contribution is 5.34. The van der Waals surface area contributed by atoms with Gasteiger partial charge < -0.3 is 19.3 Å². The fraction of sp³-hybridized carbons (Fsp3) is 0.538. The summed E-state index contributed by atoms with van der Waals surface area (Å²) in [7, 11) is 0. The van der Waals surface area contributed by atoms with Crippen LogP contribution in [0.25, 0.3) is 0 Å². The van der Waals surface area contributed by atoms with Crippen molar-refractivity contribution in [1.29, 1.82) is 0 Å². The molecule has 0 radical (unpaired) electrons. The summed E-state index contributed by atoms with van der Waals surface area (Å²) in [5.74, 6) is 1.79.